The fourth-order valence-corrected chi connectivity index (χ4v) is 4.68. The zero-order chi connectivity index (χ0) is 23.2. The number of para-hydroxylation sites is 1. The molecule has 0 aliphatic carbocycles. The molecule has 0 fully saturated rings. The number of carbonyl (C=O) groups is 1. The Hall–Kier alpha value is -3.58. The molecule has 0 saturated heterocycles. The summed E-state index contributed by atoms with van der Waals surface area (Å²) in [7, 11) is 4.78. The summed E-state index contributed by atoms with van der Waals surface area (Å²) in [5, 5.41) is 4.16. The predicted molar refractivity (Wildman–Crippen MR) is 133 cm³/mol. The number of amides is 1. The van der Waals surface area contributed by atoms with Crippen molar-refractivity contribution in [2.75, 3.05) is 33.6 Å². The summed E-state index contributed by atoms with van der Waals surface area (Å²) in [6, 6.07) is 21.4. The highest BCUT2D eigenvalue weighted by molar-refractivity contribution is 7.99. The number of thioether (sulfide) groups is 1. The van der Waals surface area contributed by atoms with Crippen molar-refractivity contribution in [1.29, 1.82) is 0 Å². The van der Waals surface area contributed by atoms with E-state index in [4.69, 9.17) is 14.2 Å². The Morgan fingerprint density at radius 1 is 0.909 bits per heavy atom. The number of hydrogen-bond donors (Lipinski definition) is 2. The topological polar surface area (TPSA) is 72.6 Å². The second-order valence-electron chi connectivity index (χ2n) is 7.28. The van der Waals surface area contributed by atoms with E-state index in [1.807, 2.05) is 36.4 Å². The highest BCUT2D eigenvalue weighted by Gasteiger charge is 2.15. The molecule has 33 heavy (non-hydrogen) atoms. The summed E-state index contributed by atoms with van der Waals surface area (Å²) >= 11 is 1.72. The van der Waals surface area contributed by atoms with Crippen molar-refractivity contribution in [2.24, 2.45) is 0 Å². The fourth-order valence-electron chi connectivity index (χ4n) is 3.62. The van der Waals surface area contributed by atoms with Gasteiger partial charge in [-0.1, -0.05) is 18.2 Å². The maximum atomic E-state index is 12.6. The van der Waals surface area contributed by atoms with Crippen LogP contribution in [0.4, 0.5) is 0 Å². The molecule has 0 aliphatic heterocycles. The van der Waals surface area contributed by atoms with Crippen LogP contribution in [0.25, 0.3) is 22.2 Å². The lowest BCUT2D eigenvalue weighted by atomic mass is 10.1. The third kappa shape index (κ3) is 4.93. The molecule has 0 saturated carbocycles. The number of hydrogen-bond acceptors (Lipinski definition) is 5. The smallest absolute Gasteiger partial charge is 0.251 e. The molecule has 1 heterocycles. The minimum atomic E-state index is -0.147. The van der Waals surface area contributed by atoms with Crippen LogP contribution >= 0.6 is 11.8 Å². The van der Waals surface area contributed by atoms with Crippen LogP contribution in [0.5, 0.6) is 17.2 Å². The average Bonchev–Trinajstić information content (AvgIpc) is 3.24. The van der Waals surface area contributed by atoms with Crippen LogP contribution in [0.15, 0.2) is 71.6 Å². The zero-order valence-electron chi connectivity index (χ0n) is 18.8. The minimum Gasteiger partial charge on any atom is -0.497 e. The molecule has 0 unspecified atom stereocenters. The van der Waals surface area contributed by atoms with E-state index in [0.29, 0.717) is 23.6 Å². The number of carbonyl (C=O) groups excluding carboxylic acids is 1. The number of nitrogens with one attached hydrogen (secondary N) is 2. The van der Waals surface area contributed by atoms with Gasteiger partial charge in [-0.15, -0.1) is 11.8 Å². The molecular formula is C26H26N2O4S. The molecule has 1 amide bonds. The van der Waals surface area contributed by atoms with Gasteiger partial charge in [0.15, 0.2) is 11.5 Å². The van der Waals surface area contributed by atoms with Crippen molar-refractivity contribution in [3.05, 3.63) is 72.3 Å². The Morgan fingerprint density at radius 3 is 2.39 bits per heavy atom. The van der Waals surface area contributed by atoms with Crippen molar-refractivity contribution >= 4 is 28.6 Å². The van der Waals surface area contributed by atoms with E-state index in [0.717, 1.165) is 33.2 Å². The first-order valence-corrected chi connectivity index (χ1v) is 11.5. The van der Waals surface area contributed by atoms with Gasteiger partial charge in [-0.05, 0) is 54.1 Å². The maximum Gasteiger partial charge on any atom is 0.251 e. The van der Waals surface area contributed by atoms with Gasteiger partial charge in [0.1, 0.15) is 5.75 Å². The quantitative estimate of drug-likeness (QED) is 0.258. The molecule has 170 valence electrons. The molecule has 4 aromatic rings. The predicted octanol–water partition coefficient (Wildman–Crippen LogP) is 5.38. The average molecular weight is 463 g/mol. The summed E-state index contributed by atoms with van der Waals surface area (Å²) in [6.45, 7) is 0.527. The van der Waals surface area contributed by atoms with E-state index < -0.39 is 0 Å². The van der Waals surface area contributed by atoms with Crippen LogP contribution in [-0.4, -0.2) is 44.5 Å². The van der Waals surface area contributed by atoms with Crippen molar-refractivity contribution in [2.45, 2.75) is 4.90 Å². The standard InChI is InChI=1S/C26H26N2O4S/c1-30-19-11-8-17(9-12-19)24-25(20-6-4-5-7-21(20)28-24)33-15-14-27-26(29)18-10-13-22(31-2)23(16-18)32-3/h4-13,16,28H,14-15H2,1-3H3,(H,27,29). The number of rotatable bonds is 9. The second kappa shape index (κ2) is 10.4. The molecule has 1 aromatic heterocycles. The van der Waals surface area contributed by atoms with Crippen molar-refractivity contribution < 1.29 is 19.0 Å². The summed E-state index contributed by atoms with van der Waals surface area (Å²) in [5.41, 5.74) is 3.77. The van der Waals surface area contributed by atoms with E-state index in [2.05, 4.69) is 22.4 Å². The van der Waals surface area contributed by atoms with Gasteiger partial charge >= 0.3 is 0 Å². The maximum absolute atomic E-state index is 12.6. The SMILES string of the molecule is COc1ccc(-c2[nH]c3ccccc3c2SCCNC(=O)c2ccc(OC)c(OC)c2)cc1. The Labute approximate surface area is 197 Å². The molecule has 7 heteroatoms. The van der Waals surface area contributed by atoms with Crippen molar-refractivity contribution in [3.63, 3.8) is 0 Å². The van der Waals surface area contributed by atoms with Gasteiger partial charge in [0.05, 0.1) is 27.0 Å². The molecule has 3 aromatic carbocycles. The normalized spacial score (nSPS) is 10.8. The minimum absolute atomic E-state index is 0.147. The van der Waals surface area contributed by atoms with Gasteiger partial charge in [0, 0.05) is 33.7 Å². The van der Waals surface area contributed by atoms with Gasteiger partial charge in [-0.3, -0.25) is 4.79 Å². The highest BCUT2D eigenvalue weighted by Crippen LogP contribution is 2.38. The number of aromatic nitrogens is 1. The van der Waals surface area contributed by atoms with Gasteiger partial charge in [0.25, 0.3) is 5.91 Å². The lowest BCUT2D eigenvalue weighted by molar-refractivity contribution is 0.0955. The van der Waals surface area contributed by atoms with Gasteiger partial charge < -0.3 is 24.5 Å². The molecular weight excluding hydrogens is 436 g/mol. The Bertz CT molecular complexity index is 1250. The summed E-state index contributed by atoms with van der Waals surface area (Å²) in [5.74, 6) is 2.52. The monoisotopic (exact) mass is 462 g/mol. The first kappa shape index (κ1) is 22.6. The lowest BCUT2D eigenvalue weighted by Gasteiger charge is -2.10. The van der Waals surface area contributed by atoms with E-state index in [1.54, 1.807) is 51.3 Å². The first-order chi connectivity index (χ1) is 16.1. The molecule has 0 spiro atoms. The second-order valence-corrected chi connectivity index (χ2v) is 8.38. The van der Waals surface area contributed by atoms with E-state index in [-0.39, 0.29) is 5.91 Å². The third-order valence-electron chi connectivity index (χ3n) is 5.32. The molecule has 0 bridgehead atoms. The highest BCUT2D eigenvalue weighted by atomic mass is 32.2. The van der Waals surface area contributed by atoms with Crippen molar-refractivity contribution in [1.82, 2.24) is 10.3 Å². The van der Waals surface area contributed by atoms with Crippen LogP contribution in [0.3, 0.4) is 0 Å². The fraction of sp³-hybridized carbons (Fsp3) is 0.192. The summed E-state index contributed by atoms with van der Waals surface area (Å²) in [4.78, 5) is 17.3. The largest absolute Gasteiger partial charge is 0.497 e. The summed E-state index contributed by atoms with van der Waals surface area (Å²) < 4.78 is 15.8. The van der Waals surface area contributed by atoms with Crippen LogP contribution < -0.4 is 19.5 Å². The Balaban J connectivity index is 1.46. The van der Waals surface area contributed by atoms with Gasteiger partial charge in [-0.25, -0.2) is 0 Å². The third-order valence-corrected chi connectivity index (χ3v) is 6.44. The Kier molecular flexibility index (Phi) is 7.10. The number of aromatic amines is 1. The van der Waals surface area contributed by atoms with Gasteiger partial charge in [0.2, 0.25) is 0 Å². The van der Waals surface area contributed by atoms with Crippen molar-refractivity contribution in [3.8, 4) is 28.5 Å². The van der Waals surface area contributed by atoms with E-state index in [1.165, 1.54) is 5.39 Å². The Morgan fingerprint density at radius 2 is 1.67 bits per heavy atom. The number of fused-ring (bicyclic) bond motifs is 1. The number of ether oxygens (including phenoxy) is 3. The molecule has 0 atom stereocenters. The van der Waals surface area contributed by atoms with Crippen LogP contribution in [0, 0.1) is 0 Å². The zero-order valence-corrected chi connectivity index (χ0v) is 19.6. The number of methoxy groups -OCH3 is 3. The van der Waals surface area contributed by atoms with E-state index >= 15 is 0 Å². The van der Waals surface area contributed by atoms with E-state index in [9.17, 15) is 4.79 Å². The number of benzene rings is 3. The first-order valence-electron chi connectivity index (χ1n) is 10.5. The molecule has 2 N–H and O–H groups in total. The molecule has 4 rings (SSSR count). The molecule has 6 nitrogen and oxygen atoms in total. The van der Waals surface area contributed by atoms with Gasteiger partial charge in [-0.2, -0.15) is 0 Å². The lowest BCUT2D eigenvalue weighted by Crippen LogP contribution is -2.25. The molecule has 0 radical (unpaired) electrons. The number of H-pyrrole nitrogens is 1. The van der Waals surface area contributed by atoms with Crippen LogP contribution in [-0.2, 0) is 0 Å². The molecule has 0 aliphatic rings. The summed E-state index contributed by atoms with van der Waals surface area (Å²) in [6.07, 6.45) is 0. The van der Waals surface area contributed by atoms with Crippen LogP contribution in [0.2, 0.25) is 0 Å². The van der Waals surface area contributed by atoms with Crippen LogP contribution in [0.1, 0.15) is 10.4 Å².